The molecule has 7 nitrogen and oxygen atoms in total. The SMILES string of the molecule is C=CCn1c(SCC(=O)Nc2cccc(NC(C)=O)c2)nc2cc(-c3ccccc3)sc2c1=O. The minimum absolute atomic E-state index is 0.0646. The van der Waals surface area contributed by atoms with E-state index < -0.39 is 0 Å². The fraction of sp³-hybridized carbons (Fsp3) is 0.120. The highest BCUT2D eigenvalue weighted by molar-refractivity contribution is 7.99. The second-order valence-electron chi connectivity index (χ2n) is 7.39. The molecule has 0 atom stereocenters. The highest BCUT2D eigenvalue weighted by Gasteiger charge is 2.16. The van der Waals surface area contributed by atoms with Crippen LogP contribution in [0.2, 0.25) is 0 Å². The average Bonchev–Trinajstić information content (AvgIpc) is 3.25. The summed E-state index contributed by atoms with van der Waals surface area (Å²) < 4.78 is 2.11. The van der Waals surface area contributed by atoms with E-state index in [4.69, 9.17) is 0 Å². The molecule has 2 heterocycles. The Morgan fingerprint density at radius 1 is 1.09 bits per heavy atom. The van der Waals surface area contributed by atoms with E-state index in [1.165, 1.54) is 34.6 Å². The third kappa shape index (κ3) is 5.44. The van der Waals surface area contributed by atoms with Gasteiger partial charge in [0, 0.05) is 29.7 Å². The summed E-state index contributed by atoms with van der Waals surface area (Å²) in [5.74, 6) is -0.376. The quantitative estimate of drug-likeness (QED) is 0.206. The maximum absolute atomic E-state index is 13.2. The lowest BCUT2D eigenvalue weighted by atomic mass is 10.2. The molecule has 0 saturated carbocycles. The Bertz CT molecular complexity index is 1430. The third-order valence-corrected chi connectivity index (χ3v) is 6.91. The molecule has 0 aliphatic carbocycles. The van der Waals surface area contributed by atoms with Gasteiger partial charge < -0.3 is 10.6 Å². The Labute approximate surface area is 204 Å². The van der Waals surface area contributed by atoms with Crippen molar-refractivity contribution in [1.82, 2.24) is 9.55 Å². The summed E-state index contributed by atoms with van der Waals surface area (Å²) in [5.41, 5.74) is 2.64. The van der Waals surface area contributed by atoms with Crippen LogP contribution in [0.1, 0.15) is 6.92 Å². The van der Waals surface area contributed by atoms with Gasteiger partial charge in [-0.3, -0.25) is 19.0 Å². The van der Waals surface area contributed by atoms with Gasteiger partial charge in [0.15, 0.2) is 5.16 Å². The first-order valence-corrected chi connectivity index (χ1v) is 12.3. The largest absolute Gasteiger partial charge is 0.326 e. The number of anilines is 2. The van der Waals surface area contributed by atoms with Gasteiger partial charge in [-0.25, -0.2) is 4.98 Å². The van der Waals surface area contributed by atoms with Gasteiger partial charge in [-0.2, -0.15) is 0 Å². The van der Waals surface area contributed by atoms with Crippen LogP contribution in [0, 0.1) is 0 Å². The minimum Gasteiger partial charge on any atom is -0.326 e. The van der Waals surface area contributed by atoms with Crippen molar-refractivity contribution < 1.29 is 9.59 Å². The van der Waals surface area contributed by atoms with E-state index in [-0.39, 0.29) is 23.1 Å². The summed E-state index contributed by atoms with van der Waals surface area (Å²) in [6.45, 7) is 5.46. The van der Waals surface area contributed by atoms with Crippen molar-refractivity contribution in [2.75, 3.05) is 16.4 Å². The van der Waals surface area contributed by atoms with Crippen LogP contribution < -0.4 is 16.2 Å². The maximum atomic E-state index is 13.2. The molecule has 172 valence electrons. The predicted molar refractivity (Wildman–Crippen MR) is 140 cm³/mol. The molecule has 4 rings (SSSR count). The van der Waals surface area contributed by atoms with Crippen LogP contribution in [-0.2, 0) is 16.1 Å². The second-order valence-corrected chi connectivity index (χ2v) is 9.38. The Morgan fingerprint density at radius 3 is 2.53 bits per heavy atom. The van der Waals surface area contributed by atoms with Crippen molar-refractivity contribution in [3.8, 4) is 10.4 Å². The monoisotopic (exact) mass is 490 g/mol. The molecule has 2 amide bonds. The Hall–Kier alpha value is -3.69. The highest BCUT2D eigenvalue weighted by atomic mass is 32.2. The average molecular weight is 491 g/mol. The molecule has 2 aromatic carbocycles. The molecular weight excluding hydrogens is 468 g/mol. The highest BCUT2D eigenvalue weighted by Crippen LogP contribution is 2.32. The molecule has 0 aliphatic heterocycles. The van der Waals surface area contributed by atoms with E-state index >= 15 is 0 Å². The summed E-state index contributed by atoms with van der Waals surface area (Å²) in [7, 11) is 0. The fourth-order valence-electron chi connectivity index (χ4n) is 3.34. The molecular formula is C25H22N4O3S2. The molecule has 2 aromatic heterocycles. The smallest absolute Gasteiger partial charge is 0.272 e. The number of carbonyl (C=O) groups excluding carboxylic acids is 2. The zero-order chi connectivity index (χ0) is 24.1. The van der Waals surface area contributed by atoms with Crippen molar-refractivity contribution in [3.63, 3.8) is 0 Å². The number of thioether (sulfide) groups is 1. The number of hydrogen-bond donors (Lipinski definition) is 2. The first-order chi connectivity index (χ1) is 16.4. The van der Waals surface area contributed by atoms with E-state index in [1.54, 1.807) is 30.3 Å². The number of fused-ring (bicyclic) bond motifs is 1. The molecule has 4 aromatic rings. The number of rotatable bonds is 8. The summed E-state index contributed by atoms with van der Waals surface area (Å²) in [6, 6.07) is 18.6. The summed E-state index contributed by atoms with van der Waals surface area (Å²) >= 11 is 2.60. The van der Waals surface area contributed by atoms with Crippen molar-refractivity contribution in [1.29, 1.82) is 0 Å². The van der Waals surface area contributed by atoms with Crippen LogP contribution in [0.5, 0.6) is 0 Å². The van der Waals surface area contributed by atoms with Gasteiger partial charge in [0.25, 0.3) is 5.56 Å². The number of carbonyl (C=O) groups is 2. The predicted octanol–water partition coefficient (Wildman–Crippen LogP) is 5.00. The number of thiophene rings is 1. The second kappa shape index (κ2) is 10.5. The topological polar surface area (TPSA) is 93.1 Å². The Morgan fingerprint density at radius 2 is 1.82 bits per heavy atom. The van der Waals surface area contributed by atoms with Crippen LogP contribution in [0.3, 0.4) is 0 Å². The first-order valence-electron chi connectivity index (χ1n) is 10.5. The molecule has 9 heteroatoms. The zero-order valence-electron chi connectivity index (χ0n) is 18.4. The van der Waals surface area contributed by atoms with Crippen LogP contribution in [0.4, 0.5) is 11.4 Å². The van der Waals surface area contributed by atoms with Crippen molar-refractivity contribution in [3.05, 3.63) is 83.7 Å². The van der Waals surface area contributed by atoms with Gasteiger partial charge in [-0.15, -0.1) is 17.9 Å². The van der Waals surface area contributed by atoms with Crippen LogP contribution >= 0.6 is 23.1 Å². The number of allylic oxidation sites excluding steroid dienone is 1. The van der Waals surface area contributed by atoms with Crippen molar-refractivity contribution >= 4 is 56.5 Å². The van der Waals surface area contributed by atoms with Gasteiger partial charge in [-0.05, 0) is 29.8 Å². The molecule has 0 aliphatic rings. The van der Waals surface area contributed by atoms with E-state index in [1.807, 2.05) is 36.4 Å². The third-order valence-electron chi connectivity index (χ3n) is 4.77. The molecule has 2 N–H and O–H groups in total. The molecule has 34 heavy (non-hydrogen) atoms. The van der Waals surface area contributed by atoms with Gasteiger partial charge in [0.1, 0.15) is 4.70 Å². The molecule has 0 radical (unpaired) electrons. The molecule has 0 spiro atoms. The molecule has 0 saturated heterocycles. The van der Waals surface area contributed by atoms with E-state index in [2.05, 4.69) is 22.2 Å². The summed E-state index contributed by atoms with van der Waals surface area (Å²) in [4.78, 5) is 42.7. The number of benzene rings is 2. The molecule has 0 fully saturated rings. The van der Waals surface area contributed by atoms with Crippen LogP contribution in [0.15, 0.2) is 83.3 Å². The Kier molecular flexibility index (Phi) is 7.24. The lowest BCUT2D eigenvalue weighted by Crippen LogP contribution is -2.23. The number of nitrogens with zero attached hydrogens (tertiary/aromatic N) is 2. The van der Waals surface area contributed by atoms with Gasteiger partial charge >= 0.3 is 0 Å². The Balaban J connectivity index is 1.55. The fourth-order valence-corrected chi connectivity index (χ4v) is 5.20. The summed E-state index contributed by atoms with van der Waals surface area (Å²) in [6.07, 6.45) is 1.64. The number of amides is 2. The normalized spacial score (nSPS) is 10.7. The zero-order valence-corrected chi connectivity index (χ0v) is 20.0. The van der Waals surface area contributed by atoms with Gasteiger partial charge in [0.2, 0.25) is 11.8 Å². The van der Waals surface area contributed by atoms with E-state index in [0.29, 0.717) is 33.3 Å². The van der Waals surface area contributed by atoms with Crippen molar-refractivity contribution in [2.24, 2.45) is 0 Å². The number of aromatic nitrogens is 2. The minimum atomic E-state index is -0.250. The first kappa shape index (κ1) is 23.5. The summed E-state index contributed by atoms with van der Waals surface area (Å²) in [5, 5.41) is 5.95. The lowest BCUT2D eigenvalue weighted by Gasteiger charge is -2.10. The van der Waals surface area contributed by atoms with Crippen LogP contribution in [-0.4, -0.2) is 27.1 Å². The molecule has 0 unspecified atom stereocenters. The number of hydrogen-bond acceptors (Lipinski definition) is 6. The van der Waals surface area contributed by atoms with E-state index in [9.17, 15) is 14.4 Å². The maximum Gasteiger partial charge on any atom is 0.272 e. The van der Waals surface area contributed by atoms with Gasteiger partial charge in [0.05, 0.1) is 11.3 Å². The standard InChI is InChI=1S/C25H22N4O3S2/c1-3-12-29-24(32)23-20(14-21(34-23)17-8-5-4-6-9-17)28-25(29)33-15-22(31)27-19-11-7-10-18(13-19)26-16(2)30/h3-11,13-14H,1,12,15H2,2H3,(H,26,30)(H,27,31). The lowest BCUT2D eigenvalue weighted by molar-refractivity contribution is -0.114. The van der Waals surface area contributed by atoms with E-state index in [0.717, 1.165) is 10.4 Å². The van der Waals surface area contributed by atoms with Crippen LogP contribution in [0.25, 0.3) is 20.7 Å². The van der Waals surface area contributed by atoms with Crippen molar-refractivity contribution in [2.45, 2.75) is 18.6 Å². The van der Waals surface area contributed by atoms with Gasteiger partial charge in [-0.1, -0.05) is 54.2 Å². The number of nitrogens with one attached hydrogen (secondary N) is 2. The molecule has 0 bridgehead atoms.